The second kappa shape index (κ2) is 11.7. The summed E-state index contributed by atoms with van der Waals surface area (Å²) in [5.41, 5.74) is 4.84. The molecular formula is C24H25ClN2O8S. The van der Waals surface area contributed by atoms with Gasteiger partial charge in [0.25, 0.3) is 0 Å². The molecule has 0 saturated heterocycles. The Bertz CT molecular complexity index is 1310. The summed E-state index contributed by atoms with van der Waals surface area (Å²) in [6.45, 7) is 0.974. The Morgan fingerprint density at radius 1 is 1.06 bits per heavy atom. The van der Waals surface area contributed by atoms with E-state index in [2.05, 4.69) is 0 Å². The third kappa shape index (κ3) is 5.77. The Hall–Kier alpha value is -3.22. The first-order valence-electron chi connectivity index (χ1n) is 10.7. The lowest BCUT2D eigenvalue weighted by atomic mass is 9.80. The Labute approximate surface area is 213 Å². The van der Waals surface area contributed by atoms with Crippen molar-refractivity contribution in [2.45, 2.75) is 12.8 Å². The monoisotopic (exact) mass is 536 g/mol. The summed E-state index contributed by atoms with van der Waals surface area (Å²) >= 11 is 6.47. The van der Waals surface area contributed by atoms with Crippen LogP contribution in [0.15, 0.2) is 77.1 Å². The molecule has 0 aliphatic carbocycles. The molecule has 2 aromatic carbocycles. The maximum Gasteiger partial charge on any atom is 0.363 e. The second-order valence-corrected chi connectivity index (χ2v) is 9.26. The van der Waals surface area contributed by atoms with Crippen molar-refractivity contribution < 1.29 is 36.8 Å². The highest BCUT2D eigenvalue weighted by molar-refractivity contribution is 7.83. The van der Waals surface area contributed by atoms with Crippen molar-refractivity contribution in [2.24, 2.45) is 5.73 Å². The van der Waals surface area contributed by atoms with Gasteiger partial charge < -0.3 is 19.9 Å². The number of hydrogen-bond donors (Lipinski definition) is 2. The highest BCUT2D eigenvalue weighted by Gasteiger charge is 2.45. The van der Waals surface area contributed by atoms with Gasteiger partial charge in [-0.15, -0.1) is 0 Å². The molecule has 0 aromatic heterocycles. The number of rotatable bonds is 9. The predicted molar refractivity (Wildman–Crippen MR) is 131 cm³/mol. The van der Waals surface area contributed by atoms with Crippen LogP contribution in [0.5, 0.6) is 5.75 Å². The predicted octanol–water partition coefficient (Wildman–Crippen LogP) is 2.82. The Kier molecular flexibility index (Phi) is 8.88. The lowest BCUT2D eigenvalue weighted by molar-refractivity contribution is -0.136. The fraction of sp³-hybridized carbons (Fsp3) is 0.250. The van der Waals surface area contributed by atoms with Gasteiger partial charge in [0.1, 0.15) is 5.75 Å². The molecule has 1 heterocycles. The number of para-hydroxylation sites is 1. The van der Waals surface area contributed by atoms with Gasteiger partial charge in [-0.25, -0.2) is 13.9 Å². The van der Waals surface area contributed by atoms with Crippen LogP contribution in [-0.4, -0.2) is 56.1 Å². The topological polar surface area (TPSA) is 145 Å². The van der Waals surface area contributed by atoms with Crippen LogP contribution in [0.1, 0.15) is 18.4 Å². The third-order valence-corrected chi connectivity index (χ3v) is 6.65. The van der Waals surface area contributed by atoms with Gasteiger partial charge in [0.05, 0.1) is 43.1 Å². The molecular weight excluding hydrogens is 512 g/mol. The summed E-state index contributed by atoms with van der Waals surface area (Å²) < 4.78 is 51.6. The number of methoxy groups -OCH3 is 1. The van der Waals surface area contributed by atoms with Gasteiger partial charge >= 0.3 is 22.2 Å². The van der Waals surface area contributed by atoms with E-state index in [9.17, 15) is 22.6 Å². The molecule has 2 aromatic rings. The highest BCUT2D eigenvalue weighted by atomic mass is 35.5. The molecule has 1 aliphatic rings. The van der Waals surface area contributed by atoms with Crippen LogP contribution in [0.3, 0.4) is 0 Å². The van der Waals surface area contributed by atoms with E-state index in [1.807, 2.05) is 0 Å². The average molecular weight is 537 g/mol. The molecule has 12 heteroatoms. The van der Waals surface area contributed by atoms with Crippen LogP contribution >= 0.6 is 11.6 Å². The number of nitrogens with zero attached hydrogens (tertiary/aromatic N) is 1. The maximum absolute atomic E-state index is 13.7. The van der Waals surface area contributed by atoms with Crippen molar-refractivity contribution in [2.75, 3.05) is 26.9 Å². The number of allylic oxidation sites excluding steroid dienone is 1. The van der Waals surface area contributed by atoms with Crippen LogP contribution in [0.25, 0.3) is 0 Å². The normalized spacial score (nSPS) is 16.2. The van der Waals surface area contributed by atoms with E-state index in [1.54, 1.807) is 42.5 Å². The van der Waals surface area contributed by atoms with Crippen LogP contribution < -0.4 is 10.5 Å². The van der Waals surface area contributed by atoms with Gasteiger partial charge in [0.2, 0.25) is 0 Å². The summed E-state index contributed by atoms with van der Waals surface area (Å²) in [4.78, 5) is 26.6. The zero-order valence-electron chi connectivity index (χ0n) is 19.5. The molecule has 36 heavy (non-hydrogen) atoms. The number of nitrogens with two attached hydrogens (primary N) is 1. The second-order valence-electron chi connectivity index (χ2n) is 7.59. The Morgan fingerprint density at radius 3 is 2.28 bits per heavy atom. The summed E-state index contributed by atoms with van der Waals surface area (Å²) in [7, 11) is -3.93. The molecule has 192 valence electrons. The van der Waals surface area contributed by atoms with Gasteiger partial charge in [-0.1, -0.05) is 48.0 Å². The minimum Gasteiger partial charge on any atom is -0.466 e. The van der Waals surface area contributed by atoms with Gasteiger partial charge in [-0.2, -0.15) is 8.42 Å². The molecule has 0 saturated carbocycles. The molecule has 0 radical (unpaired) electrons. The smallest absolute Gasteiger partial charge is 0.363 e. The van der Waals surface area contributed by atoms with Crippen molar-refractivity contribution in [3.8, 4) is 5.75 Å². The first-order chi connectivity index (χ1) is 17.1. The van der Waals surface area contributed by atoms with Crippen molar-refractivity contribution in [1.29, 1.82) is 0 Å². The summed E-state index contributed by atoms with van der Waals surface area (Å²) in [6.07, 6.45) is 0. The molecule has 3 N–H and O–H groups in total. The summed E-state index contributed by atoms with van der Waals surface area (Å²) in [5.74, 6) is -2.96. The average Bonchev–Trinajstić information content (AvgIpc) is 2.83. The molecule has 10 nitrogen and oxygen atoms in total. The van der Waals surface area contributed by atoms with E-state index in [0.29, 0.717) is 9.87 Å². The standard InChI is InChI=1S/C24H25ClN2O8S/c1-15-20(23(28)33-2)21(17-10-6-7-11-18(17)25)22(24(29)35-16-8-4-3-5-9-16)19(14-34-13-12-26)27(15)36(30,31)32/h3-11,21H,12-14,26H2,1-2H3,(H,30,31,32). The molecule has 1 atom stereocenters. The van der Waals surface area contributed by atoms with Crippen LogP contribution in [-0.2, 0) is 29.4 Å². The fourth-order valence-electron chi connectivity index (χ4n) is 3.92. The lowest BCUT2D eigenvalue weighted by Gasteiger charge is -2.36. The van der Waals surface area contributed by atoms with E-state index in [4.69, 9.17) is 31.5 Å². The molecule has 1 aliphatic heterocycles. The van der Waals surface area contributed by atoms with E-state index in [0.717, 1.165) is 7.11 Å². The van der Waals surface area contributed by atoms with E-state index < -0.39 is 34.8 Å². The van der Waals surface area contributed by atoms with E-state index in [-0.39, 0.29) is 46.5 Å². The quantitative estimate of drug-likeness (QED) is 0.214. The molecule has 0 fully saturated rings. The van der Waals surface area contributed by atoms with Crippen molar-refractivity contribution in [1.82, 2.24) is 4.31 Å². The number of benzene rings is 2. The van der Waals surface area contributed by atoms with Crippen LogP contribution in [0.2, 0.25) is 5.02 Å². The molecule has 0 spiro atoms. The van der Waals surface area contributed by atoms with Gasteiger partial charge in [0, 0.05) is 17.3 Å². The van der Waals surface area contributed by atoms with Crippen LogP contribution in [0, 0.1) is 0 Å². The first kappa shape index (κ1) is 27.4. The van der Waals surface area contributed by atoms with Gasteiger partial charge in [0.15, 0.2) is 0 Å². The minimum atomic E-state index is -5.03. The maximum atomic E-state index is 13.7. The van der Waals surface area contributed by atoms with Crippen molar-refractivity contribution >= 4 is 33.8 Å². The largest absolute Gasteiger partial charge is 0.466 e. The van der Waals surface area contributed by atoms with Gasteiger partial charge in [-0.05, 0) is 30.7 Å². The van der Waals surface area contributed by atoms with Crippen molar-refractivity contribution in [3.63, 3.8) is 0 Å². The summed E-state index contributed by atoms with van der Waals surface area (Å²) in [6, 6.07) is 14.5. The molecule has 0 amide bonds. The Morgan fingerprint density at radius 2 is 1.69 bits per heavy atom. The number of esters is 2. The number of halogens is 1. The van der Waals surface area contributed by atoms with E-state index >= 15 is 0 Å². The molecule has 3 rings (SSSR count). The van der Waals surface area contributed by atoms with Crippen molar-refractivity contribution in [3.05, 3.63) is 87.7 Å². The third-order valence-electron chi connectivity index (χ3n) is 5.35. The zero-order chi connectivity index (χ0) is 26.5. The van der Waals surface area contributed by atoms with E-state index in [1.165, 1.54) is 19.1 Å². The molecule has 0 bridgehead atoms. The number of carbonyl (C=O) groups is 2. The highest BCUT2D eigenvalue weighted by Crippen LogP contribution is 2.45. The lowest BCUT2D eigenvalue weighted by Crippen LogP contribution is -2.41. The van der Waals surface area contributed by atoms with Crippen LogP contribution in [0.4, 0.5) is 0 Å². The summed E-state index contributed by atoms with van der Waals surface area (Å²) in [5, 5.41) is 0.198. The number of carbonyl (C=O) groups excluding carboxylic acids is 2. The zero-order valence-corrected chi connectivity index (χ0v) is 21.1. The SMILES string of the molecule is COC(=O)C1=C(C)N(S(=O)(=O)O)C(COCCN)=C(C(=O)Oc2ccccc2)C1c1ccccc1Cl. The van der Waals surface area contributed by atoms with Gasteiger partial charge in [-0.3, -0.25) is 4.55 Å². The number of ether oxygens (including phenoxy) is 3. The minimum absolute atomic E-state index is 0.0210. The first-order valence-corrected chi connectivity index (χ1v) is 12.5. The fourth-order valence-corrected chi connectivity index (χ4v) is 5.04. The molecule has 1 unspecified atom stereocenters. The Balaban J connectivity index is 2.37. The number of hydrogen-bond acceptors (Lipinski definition) is 8.